The van der Waals surface area contributed by atoms with Gasteiger partial charge in [-0.15, -0.1) is 0 Å². The van der Waals surface area contributed by atoms with Gasteiger partial charge in [0.1, 0.15) is 0 Å². The maximum atomic E-state index is 12.2. The fourth-order valence-corrected chi connectivity index (χ4v) is 2.55. The zero-order valence-electron chi connectivity index (χ0n) is 11.0. The van der Waals surface area contributed by atoms with E-state index in [1.54, 1.807) is 0 Å². The van der Waals surface area contributed by atoms with E-state index < -0.39 is 0 Å². The smallest absolute Gasteiger partial charge is 0.223 e. The van der Waals surface area contributed by atoms with Gasteiger partial charge in [0.15, 0.2) is 0 Å². The van der Waals surface area contributed by atoms with Gasteiger partial charge in [-0.05, 0) is 31.2 Å². The summed E-state index contributed by atoms with van der Waals surface area (Å²) in [6.07, 6.45) is 4.28. The normalized spacial score (nSPS) is 26.9. The number of rotatable bonds is 5. The van der Waals surface area contributed by atoms with Gasteiger partial charge in [-0.2, -0.15) is 0 Å². The van der Waals surface area contributed by atoms with E-state index in [1.807, 2.05) is 13.8 Å². The summed E-state index contributed by atoms with van der Waals surface area (Å²) in [5.74, 6) is 0.688. The molecule has 100 valence electrons. The minimum Gasteiger partial charge on any atom is -0.394 e. The Labute approximate surface area is 104 Å². The first kappa shape index (κ1) is 14.5. The van der Waals surface area contributed by atoms with Gasteiger partial charge in [0.2, 0.25) is 5.91 Å². The Bertz CT molecular complexity index is 244. The molecule has 1 amide bonds. The summed E-state index contributed by atoms with van der Waals surface area (Å²) in [6.45, 7) is 4.60. The van der Waals surface area contributed by atoms with Gasteiger partial charge in [-0.3, -0.25) is 4.79 Å². The number of carbonyl (C=O) groups excluding carboxylic acids is 1. The third-order valence-electron chi connectivity index (χ3n) is 3.88. The number of nitrogens with one attached hydrogen (secondary N) is 1. The monoisotopic (exact) mass is 242 g/mol. The van der Waals surface area contributed by atoms with Crippen LogP contribution in [0.15, 0.2) is 0 Å². The topological polar surface area (TPSA) is 75.3 Å². The van der Waals surface area contributed by atoms with E-state index in [9.17, 15) is 9.90 Å². The maximum Gasteiger partial charge on any atom is 0.223 e. The summed E-state index contributed by atoms with van der Waals surface area (Å²) in [7, 11) is 0. The molecule has 1 rings (SSSR count). The summed E-state index contributed by atoms with van der Waals surface area (Å²) in [5.41, 5.74) is 5.73. The first-order chi connectivity index (χ1) is 8.10. The van der Waals surface area contributed by atoms with Crippen molar-refractivity contribution < 1.29 is 9.90 Å². The Morgan fingerprint density at radius 2 is 2.06 bits per heavy atom. The van der Waals surface area contributed by atoms with Crippen molar-refractivity contribution in [3.8, 4) is 0 Å². The molecule has 3 atom stereocenters. The molecule has 1 aliphatic rings. The number of aliphatic hydroxyl groups excluding tert-OH is 1. The SMILES string of the molecule is CC(C)[C@@H](CO)NC(=O)C1CCCCC1CN. The van der Waals surface area contributed by atoms with E-state index in [0.717, 1.165) is 19.3 Å². The van der Waals surface area contributed by atoms with Crippen LogP contribution in [0.4, 0.5) is 0 Å². The summed E-state index contributed by atoms with van der Waals surface area (Å²) < 4.78 is 0. The second-order valence-electron chi connectivity index (χ2n) is 5.43. The Balaban J connectivity index is 2.55. The summed E-state index contributed by atoms with van der Waals surface area (Å²) in [6, 6.07) is -0.136. The molecular formula is C13H26N2O2. The fraction of sp³-hybridized carbons (Fsp3) is 0.923. The van der Waals surface area contributed by atoms with Crippen LogP contribution in [0.2, 0.25) is 0 Å². The van der Waals surface area contributed by atoms with E-state index in [2.05, 4.69) is 5.32 Å². The van der Waals surface area contributed by atoms with Crippen LogP contribution in [-0.4, -0.2) is 30.2 Å². The molecule has 0 spiro atoms. The van der Waals surface area contributed by atoms with Gasteiger partial charge < -0.3 is 16.2 Å². The zero-order chi connectivity index (χ0) is 12.8. The quantitative estimate of drug-likeness (QED) is 0.670. The Morgan fingerprint density at radius 1 is 1.41 bits per heavy atom. The van der Waals surface area contributed by atoms with Crippen LogP contribution in [0.3, 0.4) is 0 Å². The maximum absolute atomic E-state index is 12.2. The number of carbonyl (C=O) groups is 1. The highest BCUT2D eigenvalue weighted by atomic mass is 16.3. The standard InChI is InChI=1S/C13H26N2O2/c1-9(2)12(8-16)15-13(17)11-6-4-3-5-10(11)7-14/h9-12,16H,3-8,14H2,1-2H3,(H,15,17)/t10?,11?,12-/m1/s1. The lowest BCUT2D eigenvalue weighted by Gasteiger charge is -2.31. The van der Waals surface area contributed by atoms with Crippen LogP contribution >= 0.6 is 0 Å². The molecule has 4 N–H and O–H groups in total. The van der Waals surface area contributed by atoms with Crippen LogP contribution in [0.5, 0.6) is 0 Å². The highest BCUT2D eigenvalue weighted by Gasteiger charge is 2.31. The molecule has 1 saturated carbocycles. The molecule has 0 bridgehead atoms. The van der Waals surface area contributed by atoms with Crippen molar-refractivity contribution in [3.05, 3.63) is 0 Å². The molecule has 0 aromatic heterocycles. The van der Waals surface area contributed by atoms with Crippen LogP contribution in [0.1, 0.15) is 39.5 Å². The van der Waals surface area contributed by atoms with Crippen LogP contribution < -0.4 is 11.1 Å². The van der Waals surface area contributed by atoms with E-state index in [-0.39, 0.29) is 30.4 Å². The molecule has 17 heavy (non-hydrogen) atoms. The van der Waals surface area contributed by atoms with Crippen molar-refractivity contribution in [2.45, 2.75) is 45.6 Å². The van der Waals surface area contributed by atoms with Crippen LogP contribution in [-0.2, 0) is 4.79 Å². The average molecular weight is 242 g/mol. The number of aliphatic hydroxyl groups is 1. The van der Waals surface area contributed by atoms with Crippen LogP contribution in [0.25, 0.3) is 0 Å². The Hall–Kier alpha value is -0.610. The predicted octanol–water partition coefficient (Wildman–Crippen LogP) is 0.885. The lowest BCUT2D eigenvalue weighted by molar-refractivity contribution is -0.129. The Kier molecular flexibility index (Phi) is 5.92. The first-order valence-electron chi connectivity index (χ1n) is 6.71. The molecule has 4 heteroatoms. The van der Waals surface area contributed by atoms with Gasteiger partial charge >= 0.3 is 0 Å². The molecule has 0 aromatic carbocycles. The van der Waals surface area contributed by atoms with Gasteiger partial charge in [-0.1, -0.05) is 26.7 Å². The van der Waals surface area contributed by atoms with Crippen molar-refractivity contribution in [1.82, 2.24) is 5.32 Å². The number of amides is 1. The second kappa shape index (κ2) is 6.97. The third-order valence-corrected chi connectivity index (χ3v) is 3.88. The first-order valence-corrected chi connectivity index (χ1v) is 6.71. The van der Waals surface area contributed by atoms with Crippen molar-refractivity contribution in [1.29, 1.82) is 0 Å². The van der Waals surface area contributed by atoms with Crippen molar-refractivity contribution in [2.24, 2.45) is 23.5 Å². The van der Waals surface area contributed by atoms with Gasteiger partial charge in [0, 0.05) is 5.92 Å². The predicted molar refractivity (Wildman–Crippen MR) is 68.4 cm³/mol. The minimum atomic E-state index is -0.136. The van der Waals surface area contributed by atoms with Gasteiger partial charge in [0.25, 0.3) is 0 Å². The molecule has 0 aliphatic heterocycles. The zero-order valence-corrected chi connectivity index (χ0v) is 11.0. The number of hydrogen-bond donors (Lipinski definition) is 3. The summed E-state index contributed by atoms with van der Waals surface area (Å²) in [5, 5.41) is 12.2. The lowest BCUT2D eigenvalue weighted by Crippen LogP contribution is -2.47. The average Bonchev–Trinajstić information content (AvgIpc) is 2.35. The molecule has 0 aromatic rings. The lowest BCUT2D eigenvalue weighted by atomic mass is 9.78. The molecule has 2 unspecified atom stereocenters. The molecule has 4 nitrogen and oxygen atoms in total. The van der Waals surface area contributed by atoms with Gasteiger partial charge in [-0.25, -0.2) is 0 Å². The van der Waals surface area contributed by atoms with E-state index in [4.69, 9.17) is 5.73 Å². The second-order valence-corrected chi connectivity index (χ2v) is 5.43. The number of hydrogen-bond acceptors (Lipinski definition) is 3. The molecular weight excluding hydrogens is 216 g/mol. The summed E-state index contributed by atoms with van der Waals surface area (Å²) >= 11 is 0. The minimum absolute atomic E-state index is 0.00339. The fourth-order valence-electron chi connectivity index (χ4n) is 2.55. The van der Waals surface area contributed by atoms with Gasteiger partial charge in [0.05, 0.1) is 12.6 Å². The highest BCUT2D eigenvalue weighted by molar-refractivity contribution is 5.79. The molecule has 0 heterocycles. The van der Waals surface area contributed by atoms with Crippen molar-refractivity contribution in [2.75, 3.05) is 13.2 Å². The van der Waals surface area contributed by atoms with E-state index >= 15 is 0 Å². The molecule has 0 radical (unpaired) electrons. The van der Waals surface area contributed by atoms with Crippen molar-refractivity contribution in [3.63, 3.8) is 0 Å². The third kappa shape index (κ3) is 3.96. The summed E-state index contributed by atoms with van der Waals surface area (Å²) in [4.78, 5) is 12.2. The number of nitrogens with two attached hydrogens (primary N) is 1. The Morgan fingerprint density at radius 3 is 2.59 bits per heavy atom. The molecule has 1 aliphatic carbocycles. The van der Waals surface area contributed by atoms with Crippen LogP contribution in [0, 0.1) is 17.8 Å². The van der Waals surface area contributed by atoms with E-state index in [1.165, 1.54) is 6.42 Å². The molecule has 1 fully saturated rings. The molecule has 0 saturated heterocycles. The van der Waals surface area contributed by atoms with Crippen molar-refractivity contribution >= 4 is 5.91 Å². The highest BCUT2D eigenvalue weighted by Crippen LogP contribution is 2.29. The largest absolute Gasteiger partial charge is 0.394 e. The van der Waals surface area contributed by atoms with E-state index in [0.29, 0.717) is 12.5 Å².